The van der Waals surface area contributed by atoms with Crippen molar-refractivity contribution >= 4 is 11.5 Å². The summed E-state index contributed by atoms with van der Waals surface area (Å²) in [6.45, 7) is 4.89. The molecule has 0 bridgehead atoms. The summed E-state index contributed by atoms with van der Waals surface area (Å²) in [6, 6.07) is 5.39. The van der Waals surface area contributed by atoms with Crippen molar-refractivity contribution in [1.82, 2.24) is 0 Å². The monoisotopic (exact) mass is 291 g/mol. The van der Waals surface area contributed by atoms with Gasteiger partial charge in [-0.2, -0.15) is 0 Å². The zero-order valence-electron chi connectivity index (χ0n) is 12.0. The number of carbonyl (C=O) groups excluding carboxylic acids is 1. The highest BCUT2D eigenvalue weighted by Crippen LogP contribution is 2.34. The standard InChI is InChI=1S/C16H15F2NO2/c1-8-4-7-13(9(2)14(8)10(3)20)21-16-11(17)5-6-12(19)15(16)18/h4-7H,19H2,1-3H3. The van der Waals surface area contributed by atoms with Crippen molar-refractivity contribution in [1.29, 1.82) is 0 Å². The van der Waals surface area contributed by atoms with Gasteiger partial charge >= 0.3 is 0 Å². The molecule has 0 fully saturated rings. The fraction of sp³-hybridized carbons (Fsp3) is 0.188. The third-order valence-corrected chi connectivity index (χ3v) is 3.27. The SMILES string of the molecule is CC(=O)c1c(C)ccc(Oc2c(F)ccc(N)c2F)c1C. The minimum Gasteiger partial charge on any atom is -0.451 e. The summed E-state index contributed by atoms with van der Waals surface area (Å²) in [5.41, 5.74) is 7.00. The van der Waals surface area contributed by atoms with Crippen LogP contribution in [0.5, 0.6) is 11.5 Å². The van der Waals surface area contributed by atoms with E-state index in [0.717, 1.165) is 17.7 Å². The van der Waals surface area contributed by atoms with Gasteiger partial charge in [0.15, 0.2) is 17.4 Å². The Labute approximate surface area is 121 Å². The molecule has 0 aromatic heterocycles. The lowest BCUT2D eigenvalue weighted by Crippen LogP contribution is -2.03. The predicted octanol–water partition coefficient (Wildman–Crippen LogP) is 4.16. The van der Waals surface area contributed by atoms with E-state index in [1.807, 2.05) is 0 Å². The van der Waals surface area contributed by atoms with E-state index in [-0.39, 0.29) is 17.2 Å². The molecule has 110 valence electrons. The summed E-state index contributed by atoms with van der Waals surface area (Å²) < 4.78 is 32.9. The Morgan fingerprint density at radius 2 is 1.81 bits per heavy atom. The molecule has 0 unspecified atom stereocenters. The molecular formula is C16H15F2NO2. The van der Waals surface area contributed by atoms with Crippen molar-refractivity contribution < 1.29 is 18.3 Å². The first-order chi connectivity index (χ1) is 9.82. The Morgan fingerprint density at radius 3 is 2.43 bits per heavy atom. The smallest absolute Gasteiger partial charge is 0.200 e. The van der Waals surface area contributed by atoms with Crippen LogP contribution in [-0.4, -0.2) is 5.78 Å². The lowest BCUT2D eigenvalue weighted by molar-refractivity contribution is 0.101. The molecule has 0 heterocycles. The first-order valence-corrected chi connectivity index (χ1v) is 6.35. The first-order valence-electron chi connectivity index (χ1n) is 6.35. The van der Waals surface area contributed by atoms with Gasteiger partial charge in [0.25, 0.3) is 0 Å². The number of hydrogen-bond donors (Lipinski definition) is 1. The fourth-order valence-electron chi connectivity index (χ4n) is 2.23. The Morgan fingerprint density at radius 1 is 1.14 bits per heavy atom. The molecule has 0 radical (unpaired) electrons. The molecule has 5 heteroatoms. The second-order valence-corrected chi connectivity index (χ2v) is 4.82. The van der Waals surface area contributed by atoms with Crippen LogP contribution >= 0.6 is 0 Å². The van der Waals surface area contributed by atoms with Gasteiger partial charge in [0.2, 0.25) is 5.75 Å². The van der Waals surface area contributed by atoms with Gasteiger partial charge in [-0.15, -0.1) is 0 Å². The highest BCUT2D eigenvalue weighted by atomic mass is 19.1. The van der Waals surface area contributed by atoms with Gasteiger partial charge in [0.05, 0.1) is 5.69 Å². The highest BCUT2D eigenvalue weighted by Gasteiger charge is 2.18. The average Bonchev–Trinajstić information content (AvgIpc) is 2.41. The predicted molar refractivity (Wildman–Crippen MR) is 76.8 cm³/mol. The van der Waals surface area contributed by atoms with E-state index in [0.29, 0.717) is 11.1 Å². The van der Waals surface area contributed by atoms with E-state index in [1.165, 1.54) is 6.92 Å². The van der Waals surface area contributed by atoms with Crippen LogP contribution in [0.4, 0.5) is 14.5 Å². The molecule has 0 saturated carbocycles. The molecule has 0 atom stereocenters. The maximum absolute atomic E-state index is 13.9. The number of hydrogen-bond acceptors (Lipinski definition) is 3. The van der Waals surface area contributed by atoms with E-state index in [2.05, 4.69) is 0 Å². The summed E-state index contributed by atoms with van der Waals surface area (Å²) in [4.78, 5) is 11.7. The Balaban J connectivity index is 2.54. The molecule has 2 aromatic rings. The topological polar surface area (TPSA) is 52.3 Å². The number of ketones is 1. The summed E-state index contributed by atoms with van der Waals surface area (Å²) in [5.74, 6) is -2.31. The molecule has 0 amide bonds. The number of Topliss-reactive ketones (excluding diaryl/α,β-unsaturated/α-hetero) is 1. The van der Waals surface area contributed by atoms with Crippen LogP contribution in [0.25, 0.3) is 0 Å². The van der Waals surface area contributed by atoms with Crippen molar-refractivity contribution in [2.24, 2.45) is 0 Å². The van der Waals surface area contributed by atoms with E-state index in [9.17, 15) is 13.6 Å². The van der Waals surface area contributed by atoms with Crippen molar-refractivity contribution in [2.45, 2.75) is 20.8 Å². The largest absolute Gasteiger partial charge is 0.451 e. The molecule has 0 spiro atoms. The number of aryl methyl sites for hydroxylation is 1. The van der Waals surface area contributed by atoms with Crippen LogP contribution in [0.15, 0.2) is 24.3 Å². The van der Waals surface area contributed by atoms with Crippen molar-refractivity contribution in [3.05, 3.63) is 52.6 Å². The lowest BCUT2D eigenvalue weighted by Gasteiger charge is -2.14. The normalized spacial score (nSPS) is 10.5. The average molecular weight is 291 g/mol. The zero-order valence-corrected chi connectivity index (χ0v) is 12.0. The molecule has 3 nitrogen and oxygen atoms in total. The number of nitrogens with two attached hydrogens (primary N) is 1. The third-order valence-electron chi connectivity index (χ3n) is 3.27. The minimum atomic E-state index is -0.959. The summed E-state index contributed by atoms with van der Waals surface area (Å²) in [5, 5.41) is 0. The molecule has 0 aliphatic rings. The van der Waals surface area contributed by atoms with Gasteiger partial charge in [0.1, 0.15) is 5.75 Å². The number of carbonyl (C=O) groups is 1. The van der Waals surface area contributed by atoms with Gasteiger partial charge in [0, 0.05) is 11.1 Å². The molecule has 2 aromatic carbocycles. The second-order valence-electron chi connectivity index (χ2n) is 4.82. The maximum atomic E-state index is 13.9. The van der Waals surface area contributed by atoms with Crippen LogP contribution in [-0.2, 0) is 0 Å². The Kier molecular flexibility index (Phi) is 3.93. The molecule has 2 rings (SSSR count). The Bertz CT molecular complexity index is 727. The van der Waals surface area contributed by atoms with E-state index in [1.54, 1.807) is 26.0 Å². The van der Waals surface area contributed by atoms with Gasteiger partial charge in [-0.25, -0.2) is 8.78 Å². The maximum Gasteiger partial charge on any atom is 0.200 e. The summed E-state index contributed by atoms with van der Waals surface area (Å²) >= 11 is 0. The minimum absolute atomic E-state index is 0.135. The summed E-state index contributed by atoms with van der Waals surface area (Å²) in [7, 11) is 0. The quantitative estimate of drug-likeness (QED) is 0.682. The lowest BCUT2D eigenvalue weighted by atomic mass is 9.99. The van der Waals surface area contributed by atoms with Crippen molar-refractivity contribution in [3.8, 4) is 11.5 Å². The second kappa shape index (κ2) is 5.52. The van der Waals surface area contributed by atoms with Gasteiger partial charge in [-0.3, -0.25) is 4.79 Å². The van der Waals surface area contributed by atoms with Crippen LogP contribution in [0.3, 0.4) is 0 Å². The molecule has 0 aliphatic heterocycles. The Hall–Kier alpha value is -2.43. The fourth-order valence-corrected chi connectivity index (χ4v) is 2.23. The molecule has 0 aliphatic carbocycles. The molecule has 21 heavy (non-hydrogen) atoms. The number of halogens is 2. The van der Waals surface area contributed by atoms with E-state index >= 15 is 0 Å². The van der Waals surface area contributed by atoms with Crippen LogP contribution in [0.1, 0.15) is 28.4 Å². The number of anilines is 1. The highest BCUT2D eigenvalue weighted by molar-refractivity contribution is 5.97. The molecule has 0 saturated heterocycles. The van der Waals surface area contributed by atoms with Gasteiger partial charge in [-0.1, -0.05) is 6.07 Å². The third kappa shape index (κ3) is 2.72. The van der Waals surface area contributed by atoms with Crippen LogP contribution < -0.4 is 10.5 Å². The summed E-state index contributed by atoms with van der Waals surface area (Å²) in [6.07, 6.45) is 0. The first kappa shape index (κ1) is 15.0. The number of nitrogen functional groups attached to an aromatic ring is 1. The molecular weight excluding hydrogens is 276 g/mol. The number of ether oxygens (including phenoxy) is 1. The van der Waals surface area contributed by atoms with Gasteiger partial charge < -0.3 is 10.5 Å². The van der Waals surface area contributed by atoms with Gasteiger partial charge in [-0.05, 0) is 44.5 Å². The van der Waals surface area contributed by atoms with Crippen molar-refractivity contribution in [2.75, 3.05) is 5.73 Å². The van der Waals surface area contributed by atoms with Crippen LogP contribution in [0.2, 0.25) is 0 Å². The number of benzene rings is 2. The van der Waals surface area contributed by atoms with Crippen molar-refractivity contribution in [3.63, 3.8) is 0 Å². The van der Waals surface area contributed by atoms with E-state index in [4.69, 9.17) is 10.5 Å². The van der Waals surface area contributed by atoms with Crippen LogP contribution in [0, 0.1) is 25.5 Å². The number of rotatable bonds is 3. The zero-order chi connectivity index (χ0) is 15.7. The van der Waals surface area contributed by atoms with E-state index < -0.39 is 17.4 Å². The molecule has 2 N–H and O–H groups in total.